The van der Waals surface area contributed by atoms with Gasteiger partial charge in [-0.1, -0.05) is 6.07 Å². The summed E-state index contributed by atoms with van der Waals surface area (Å²) in [7, 11) is 1.94. The molecule has 0 amide bonds. The average molecular weight is 369 g/mol. The second-order valence-electron chi connectivity index (χ2n) is 7.84. The second-order valence-corrected chi connectivity index (χ2v) is 7.84. The standard InChI is InChI=1S/C21H27N3O3/c1-15-18(13-22-23(15)2)14-24-10-8-21(9-11-24,20(25)26)27-19-7-6-16-4-3-5-17(16)12-19/h6-7,12-13H,3-5,8-11,14H2,1-2H3,(H,25,26). The molecule has 1 aromatic heterocycles. The summed E-state index contributed by atoms with van der Waals surface area (Å²) >= 11 is 0. The van der Waals surface area contributed by atoms with Crippen molar-refractivity contribution in [3.8, 4) is 5.75 Å². The molecule has 1 aliphatic heterocycles. The number of aromatic nitrogens is 2. The number of carbonyl (C=O) groups is 1. The van der Waals surface area contributed by atoms with Crippen LogP contribution in [0.3, 0.4) is 0 Å². The molecule has 0 atom stereocenters. The largest absolute Gasteiger partial charge is 0.478 e. The van der Waals surface area contributed by atoms with Crippen LogP contribution in [0.5, 0.6) is 5.75 Å². The smallest absolute Gasteiger partial charge is 0.348 e. The van der Waals surface area contributed by atoms with E-state index < -0.39 is 11.6 Å². The second kappa shape index (κ2) is 7.00. The van der Waals surface area contributed by atoms with Crippen LogP contribution >= 0.6 is 0 Å². The number of aryl methyl sites for hydroxylation is 3. The monoisotopic (exact) mass is 369 g/mol. The van der Waals surface area contributed by atoms with Crippen molar-refractivity contribution in [2.45, 2.75) is 51.2 Å². The molecule has 0 bridgehead atoms. The first-order valence-electron chi connectivity index (χ1n) is 9.71. The highest BCUT2D eigenvalue weighted by molar-refractivity contribution is 5.78. The molecule has 2 heterocycles. The minimum Gasteiger partial charge on any atom is -0.478 e. The van der Waals surface area contributed by atoms with Crippen molar-refractivity contribution in [1.29, 1.82) is 0 Å². The molecule has 4 rings (SSSR count). The summed E-state index contributed by atoms with van der Waals surface area (Å²) in [6.45, 7) is 4.26. The molecular weight excluding hydrogens is 342 g/mol. The van der Waals surface area contributed by atoms with Gasteiger partial charge in [0.2, 0.25) is 5.60 Å². The number of carboxylic acids is 1. The van der Waals surface area contributed by atoms with Crippen LogP contribution in [0, 0.1) is 6.92 Å². The third-order valence-corrected chi connectivity index (χ3v) is 6.17. The van der Waals surface area contributed by atoms with Crippen LogP contribution in [0.25, 0.3) is 0 Å². The number of piperidine rings is 1. The van der Waals surface area contributed by atoms with Crippen LogP contribution < -0.4 is 4.74 Å². The fraction of sp³-hybridized carbons (Fsp3) is 0.524. The Morgan fingerprint density at radius 1 is 1.26 bits per heavy atom. The van der Waals surface area contributed by atoms with E-state index >= 15 is 0 Å². The quantitative estimate of drug-likeness (QED) is 0.878. The average Bonchev–Trinajstić information content (AvgIpc) is 3.24. The van der Waals surface area contributed by atoms with E-state index in [4.69, 9.17) is 4.74 Å². The Labute approximate surface area is 159 Å². The Morgan fingerprint density at radius 3 is 2.67 bits per heavy atom. The number of benzene rings is 1. The first kappa shape index (κ1) is 18.0. The van der Waals surface area contributed by atoms with E-state index in [0.717, 1.165) is 25.1 Å². The number of carboxylic acid groups (broad SMARTS) is 1. The lowest BCUT2D eigenvalue weighted by molar-refractivity contribution is -0.159. The van der Waals surface area contributed by atoms with Crippen molar-refractivity contribution in [2.24, 2.45) is 7.05 Å². The summed E-state index contributed by atoms with van der Waals surface area (Å²) in [6, 6.07) is 6.06. The third-order valence-electron chi connectivity index (χ3n) is 6.17. The molecule has 144 valence electrons. The number of likely N-dealkylation sites (tertiary alicyclic amines) is 1. The zero-order valence-electron chi connectivity index (χ0n) is 16.1. The number of hydrogen-bond acceptors (Lipinski definition) is 4. The van der Waals surface area contributed by atoms with Crippen molar-refractivity contribution < 1.29 is 14.6 Å². The molecule has 1 aromatic carbocycles. The molecule has 27 heavy (non-hydrogen) atoms. The molecule has 1 saturated heterocycles. The summed E-state index contributed by atoms with van der Waals surface area (Å²) < 4.78 is 7.99. The van der Waals surface area contributed by atoms with Gasteiger partial charge in [-0.2, -0.15) is 5.10 Å². The molecule has 1 N–H and O–H groups in total. The molecular formula is C21H27N3O3. The zero-order chi connectivity index (χ0) is 19.0. The molecule has 0 spiro atoms. The maximum Gasteiger partial charge on any atom is 0.348 e. The molecule has 0 radical (unpaired) electrons. The number of nitrogens with zero attached hydrogens (tertiary/aromatic N) is 3. The number of aliphatic carboxylic acids is 1. The van der Waals surface area contributed by atoms with E-state index in [9.17, 15) is 9.90 Å². The van der Waals surface area contributed by atoms with Crippen molar-refractivity contribution in [2.75, 3.05) is 13.1 Å². The SMILES string of the molecule is Cc1c(CN2CCC(Oc3ccc4c(c3)CCC4)(C(=O)O)CC2)cnn1C. The molecule has 6 heteroatoms. The van der Waals surface area contributed by atoms with Gasteiger partial charge in [0.1, 0.15) is 5.75 Å². The van der Waals surface area contributed by atoms with Gasteiger partial charge in [-0.25, -0.2) is 4.79 Å². The number of fused-ring (bicyclic) bond motifs is 1. The van der Waals surface area contributed by atoms with Crippen LogP contribution in [-0.4, -0.2) is 44.4 Å². The normalized spacial score (nSPS) is 19.0. The molecule has 1 aliphatic carbocycles. The zero-order valence-corrected chi connectivity index (χ0v) is 16.1. The highest BCUT2D eigenvalue weighted by atomic mass is 16.5. The molecule has 0 unspecified atom stereocenters. The van der Waals surface area contributed by atoms with E-state index in [2.05, 4.69) is 23.0 Å². The van der Waals surface area contributed by atoms with Crippen LogP contribution in [0.15, 0.2) is 24.4 Å². The van der Waals surface area contributed by atoms with E-state index in [1.54, 1.807) is 0 Å². The first-order valence-corrected chi connectivity index (χ1v) is 9.71. The minimum atomic E-state index is -1.13. The third kappa shape index (κ3) is 3.46. The van der Waals surface area contributed by atoms with Gasteiger partial charge in [-0.15, -0.1) is 0 Å². The van der Waals surface area contributed by atoms with Crippen LogP contribution in [-0.2, 0) is 31.2 Å². The molecule has 1 fully saturated rings. The fourth-order valence-electron chi connectivity index (χ4n) is 4.21. The molecule has 2 aliphatic rings. The molecule has 2 aromatic rings. The topological polar surface area (TPSA) is 67.6 Å². The van der Waals surface area contributed by atoms with Gasteiger partial charge in [-0.3, -0.25) is 9.58 Å². The number of ether oxygens (including phenoxy) is 1. The Kier molecular flexibility index (Phi) is 4.68. The predicted molar refractivity (Wildman–Crippen MR) is 102 cm³/mol. The van der Waals surface area contributed by atoms with Gasteiger partial charge in [0.05, 0.1) is 6.20 Å². The Morgan fingerprint density at radius 2 is 2.00 bits per heavy atom. The maximum absolute atomic E-state index is 12.1. The Balaban J connectivity index is 1.44. The lowest BCUT2D eigenvalue weighted by Crippen LogP contribution is -2.53. The summed E-state index contributed by atoms with van der Waals surface area (Å²) in [4.78, 5) is 14.4. The Bertz CT molecular complexity index is 850. The lowest BCUT2D eigenvalue weighted by Gasteiger charge is -2.39. The van der Waals surface area contributed by atoms with Crippen molar-refractivity contribution in [1.82, 2.24) is 14.7 Å². The Hall–Kier alpha value is -2.34. The first-order chi connectivity index (χ1) is 13.0. The molecule has 0 saturated carbocycles. The summed E-state index contributed by atoms with van der Waals surface area (Å²) in [5, 5.41) is 14.2. The predicted octanol–water partition coefficient (Wildman–Crippen LogP) is 2.72. The van der Waals surface area contributed by atoms with Gasteiger partial charge >= 0.3 is 5.97 Å². The van der Waals surface area contributed by atoms with E-state index in [1.165, 1.54) is 23.1 Å². The summed E-state index contributed by atoms with van der Waals surface area (Å²) in [5.74, 6) is -0.171. The van der Waals surface area contributed by atoms with Gasteiger partial charge in [0, 0.05) is 50.8 Å². The van der Waals surface area contributed by atoms with Crippen LogP contribution in [0.2, 0.25) is 0 Å². The van der Waals surface area contributed by atoms with E-state index in [0.29, 0.717) is 31.7 Å². The minimum absolute atomic E-state index is 0.485. The van der Waals surface area contributed by atoms with Crippen molar-refractivity contribution in [3.63, 3.8) is 0 Å². The van der Waals surface area contributed by atoms with Gasteiger partial charge in [-0.05, 0) is 49.4 Å². The van der Waals surface area contributed by atoms with Crippen molar-refractivity contribution in [3.05, 3.63) is 46.8 Å². The van der Waals surface area contributed by atoms with Gasteiger partial charge in [0.15, 0.2) is 0 Å². The van der Waals surface area contributed by atoms with Crippen LogP contribution in [0.4, 0.5) is 0 Å². The van der Waals surface area contributed by atoms with Gasteiger partial charge < -0.3 is 9.84 Å². The van der Waals surface area contributed by atoms with Crippen molar-refractivity contribution >= 4 is 5.97 Å². The lowest BCUT2D eigenvalue weighted by atomic mass is 9.90. The summed E-state index contributed by atoms with van der Waals surface area (Å²) in [6.07, 6.45) is 6.21. The van der Waals surface area contributed by atoms with Crippen LogP contribution in [0.1, 0.15) is 41.6 Å². The molecule has 6 nitrogen and oxygen atoms in total. The highest BCUT2D eigenvalue weighted by Gasteiger charge is 2.44. The maximum atomic E-state index is 12.1. The highest BCUT2D eigenvalue weighted by Crippen LogP contribution is 2.33. The van der Waals surface area contributed by atoms with E-state index in [-0.39, 0.29) is 0 Å². The van der Waals surface area contributed by atoms with Gasteiger partial charge in [0.25, 0.3) is 0 Å². The summed E-state index contributed by atoms with van der Waals surface area (Å²) in [5.41, 5.74) is 3.89. The number of rotatable bonds is 5. The van der Waals surface area contributed by atoms with E-state index in [1.807, 2.05) is 30.1 Å². The fourth-order valence-corrected chi connectivity index (χ4v) is 4.21. The number of hydrogen-bond donors (Lipinski definition) is 1.